The van der Waals surface area contributed by atoms with Crippen LogP contribution >= 0.6 is 0 Å². The minimum absolute atomic E-state index is 0.0123. The first-order valence-corrected chi connectivity index (χ1v) is 8.78. The number of carbonyl (C=O) groups excluding carboxylic acids is 1. The molecule has 0 aliphatic rings. The number of nitrogens with one attached hydrogen (secondary N) is 1. The standard InChI is InChI=1S/C17H18N2O4S/c1-2-23-16-6-4-3-5-13(16)7-12-17(20)19-14-8-10-15(11-9-14)24(18,21)22/h3-12H,2H2,1H3,(H,19,20)(H2,18,21,22). The van der Waals surface area contributed by atoms with Gasteiger partial charge in [-0.1, -0.05) is 18.2 Å². The molecule has 1 amide bonds. The summed E-state index contributed by atoms with van der Waals surface area (Å²) in [4.78, 5) is 11.9. The fourth-order valence-corrected chi connectivity index (χ4v) is 2.50. The molecule has 0 bridgehead atoms. The predicted molar refractivity (Wildman–Crippen MR) is 93.1 cm³/mol. The first kappa shape index (κ1) is 17.7. The van der Waals surface area contributed by atoms with E-state index in [1.807, 2.05) is 31.2 Å². The highest BCUT2D eigenvalue weighted by atomic mass is 32.2. The van der Waals surface area contributed by atoms with Gasteiger partial charge in [-0.2, -0.15) is 0 Å². The normalized spacial score (nSPS) is 11.4. The average molecular weight is 346 g/mol. The van der Waals surface area contributed by atoms with E-state index in [0.717, 1.165) is 5.56 Å². The molecule has 2 aromatic carbocycles. The minimum Gasteiger partial charge on any atom is -0.493 e. The molecule has 0 spiro atoms. The quantitative estimate of drug-likeness (QED) is 0.785. The van der Waals surface area contributed by atoms with Gasteiger partial charge in [-0.15, -0.1) is 0 Å². The lowest BCUT2D eigenvalue weighted by Gasteiger charge is -2.06. The number of amides is 1. The van der Waals surface area contributed by atoms with Crippen molar-refractivity contribution in [1.29, 1.82) is 0 Å². The number of rotatable bonds is 6. The number of ether oxygens (including phenoxy) is 1. The third-order valence-corrected chi connectivity index (χ3v) is 4.01. The molecule has 0 saturated carbocycles. The number of para-hydroxylation sites is 1. The lowest BCUT2D eigenvalue weighted by Crippen LogP contribution is -2.12. The van der Waals surface area contributed by atoms with Crippen LogP contribution in [-0.4, -0.2) is 20.9 Å². The van der Waals surface area contributed by atoms with Crippen LogP contribution < -0.4 is 15.2 Å². The highest BCUT2D eigenvalue weighted by Crippen LogP contribution is 2.19. The monoisotopic (exact) mass is 346 g/mol. The van der Waals surface area contributed by atoms with Gasteiger partial charge < -0.3 is 10.1 Å². The van der Waals surface area contributed by atoms with E-state index in [-0.39, 0.29) is 10.8 Å². The molecule has 0 heterocycles. The third kappa shape index (κ3) is 4.94. The van der Waals surface area contributed by atoms with Crippen LogP contribution in [0.25, 0.3) is 6.08 Å². The van der Waals surface area contributed by atoms with Crippen molar-refractivity contribution in [3.05, 3.63) is 60.2 Å². The van der Waals surface area contributed by atoms with Crippen molar-refractivity contribution in [1.82, 2.24) is 0 Å². The summed E-state index contributed by atoms with van der Waals surface area (Å²) in [5.41, 5.74) is 1.26. The van der Waals surface area contributed by atoms with Crippen LogP contribution in [0.4, 0.5) is 5.69 Å². The summed E-state index contributed by atoms with van der Waals surface area (Å²) >= 11 is 0. The first-order valence-electron chi connectivity index (χ1n) is 7.24. The van der Waals surface area contributed by atoms with E-state index in [9.17, 15) is 13.2 Å². The molecule has 0 aliphatic heterocycles. The highest BCUT2D eigenvalue weighted by molar-refractivity contribution is 7.89. The Kier molecular flexibility index (Phi) is 5.73. The number of benzene rings is 2. The fourth-order valence-electron chi connectivity index (χ4n) is 1.98. The number of sulfonamides is 1. The van der Waals surface area contributed by atoms with Gasteiger partial charge in [-0.25, -0.2) is 13.6 Å². The maximum Gasteiger partial charge on any atom is 0.248 e. The van der Waals surface area contributed by atoms with Gasteiger partial charge in [0.25, 0.3) is 0 Å². The molecule has 2 aromatic rings. The van der Waals surface area contributed by atoms with Crippen LogP contribution in [0.2, 0.25) is 0 Å². The molecule has 3 N–H and O–H groups in total. The fraction of sp³-hybridized carbons (Fsp3) is 0.118. The van der Waals surface area contributed by atoms with Gasteiger partial charge in [0.05, 0.1) is 11.5 Å². The van der Waals surface area contributed by atoms with Crippen molar-refractivity contribution in [2.75, 3.05) is 11.9 Å². The molecule has 0 aliphatic carbocycles. The van der Waals surface area contributed by atoms with E-state index in [1.165, 1.54) is 30.3 Å². The maximum atomic E-state index is 12.0. The van der Waals surface area contributed by atoms with E-state index >= 15 is 0 Å². The molecule has 126 valence electrons. The summed E-state index contributed by atoms with van der Waals surface area (Å²) in [7, 11) is -3.75. The van der Waals surface area contributed by atoms with E-state index in [0.29, 0.717) is 18.0 Å². The molecular formula is C17H18N2O4S. The second kappa shape index (κ2) is 7.76. The van der Waals surface area contributed by atoms with Crippen molar-refractivity contribution in [2.24, 2.45) is 5.14 Å². The third-order valence-electron chi connectivity index (χ3n) is 3.08. The smallest absolute Gasteiger partial charge is 0.248 e. The minimum atomic E-state index is -3.75. The van der Waals surface area contributed by atoms with Crippen molar-refractivity contribution < 1.29 is 17.9 Å². The van der Waals surface area contributed by atoms with Crippen LogP contribution in [0, 0.1) is 0 Å². The van der Waals surface area contributed by atoms with Gasteiger partial charge >= 0.3 is 0 Å². The molecule has 7 heteroatoms. The number of primary sulfonamides is 1. The van der Waals surface area contributed by atoms with E-state index in [2.05, 4.69) is 5.32 Å². The summed E-state index contributed by atoms with van der Waals surface area (Å²) in [6.45, 7) is 2.42. The highest BCUT2D eigenvalue weighted by Gasteiger charge is 2.07. The van der Waals surface area contributed by atoms with Crippen molar-refractivity contribution in [3.8, 4) is 5.75 Å². The van der Waals surface area contributed by atoms with Crippen LogP contribution in [0.5, 0.6) is 5.75 Å². The SMILES string of the molecule is CCOc1ccccc1C=CC(=O)Nc1ccc(S(N)(=O)=O)cc1. The molecule has 24 heavy (non-hydrogen) atoms. The molecule has 0 fully saturated rings. The zero-order valence-corrected chi connectivity index (χ0v) is 13.9. The van der Waals surface area contributed by atoms with Crippen LogP contribution in [-0.2, 0) is 14.8 Å². The Morgan fingerprint density at radius 2 is 1.83 bits per heavy atom. The summed E-state index contributed by atoms with van der Waals surface area (Å²) < 4.78 is 27.8. The zero-order chi connectivity index (χ0) is 17.6. The second-order valence-corrected chi connectivity index (χ2v) is 6.42. The molecule has 0 aromatic heterocycles. The van der Waals surface area contributed by atoms with E-state index < -0.39 is 10.0 Å². The summed E-state index contributed by atoms with van der Waals surface area (Å²) in [5, 5.41) is 7.66. The topological polar surface area (TPSA) is 98.5 Å². The van der Waals surface area contributed by atoms with Gasteiger partial charge in [-0.05, 0) is 43.3 Å². The van der Waals surface area contributed by atoms with Gasteiger partial charge in [-0.3, -0.25) is 4.79 Å². The van der Waals surface area contributed by atoms with Crippen molar-refractivity contribution in [2.45, 2.75) is 11.8 Å². The lowest BCUT2D eigenvalue weighted by molar-refractivity contribution is -0.111. The van der Waals surface area contributed by atoms with Crippen LogP contribution in [0.1, 0.15) is 12.5 Å². The molecular weight excluding hydrogens is 328 g/mol. The van der Waals surface area contributed by atoms with Gasteiger partial charge in [0.1, 0.15) is 5.75 Å². The number of nitrogens with two attached hydrogens (primary N) is 1. The first-order chi connectivity index (χ1) is 11.4. The Labute approximate surface area is 141 Å². The molecule has 6 nitrogen and oxygen atoms in total. The molecule has 0 radical (unpaired) electrons. The van der Waals surface area contributed by atoms with E-state index in [1.54, 1.807) is 6.08 Å². The molecule has 0 saturated heterocycles. The number of anilines is 1. The average Bonchev–Trinajstić information content (AvgIpc) is 2.54. The number of hydrogen-bond acceptors (Lipinski definition) is 4. The largest absolute Gasteiger partial charge is 0.493 e. The summed E-state index contributed by atoms with van der Waals surface area (Å²) in [6.07, 6.45) is 3.03. The van der Waals surface area contributed by atoms with E-state index in [4.69, 9.17) is 9.88 Å². The molecule has 0 atom stereocenters. The lowest BCUT2D eigenvalue weighted by atomic mass is 10.2. The summed E-state index contributed by atoms with van der Waals surface area (Å²) in [6, 6.07) is 13.0. The maximum absolute atomic E-state index is 12.0. The Morgan fingerprint density at radius 1 is 1.17 bits per heavy atom. The summed E-state index contributed by atoms with van der Waals surface area (Å²) in [5.74, 6) is 0.353. The van der Waals surface area contributed by atoms with Gasteiger partial charge in [0.2, 0.25) is 15.9 Å². The van der Waals surface area contributed by atoms with Gasteiger partial charge in [0.15, 0.2) is 0 Å². The second-order valence-electron chi connectivity index (χ2n) is 4.86. The molecule has 0 unspecified atom stereocenters. The van der Waals surface area contributed by atoms with Crippen molar-refractivity contribution in [3.63, 3.8) is 0 Å². The predicted octanol–water partition coefficient (Wildman–Crippen LogP) is 2.38. The Bertz CT molecular complexity index is 843. The Morgan fingerprint density at radius 3 is 2.46 bits per heavy atom. The zero-order valence-electron chi connectivity index (χ0n) is 13.1. The number of carbonyl (C=O) groups is 1. The Hall–Kier alpha value is -2.64. The number of hydrogen-bond donors (Lipinski definition) is 2. The Balaban J connectivity index is 2.06. The van der Waals surface area contributed by atoms with Crippen LogP contribution in [0.3, 0.4) is 0 Å². The van der Waals surface area contributed by atoms with Crippen molar-refractivity contribution >= 4 is 27.7 Å². The molecule has 2 rings (SSSR count). The van der Waals surface area contributed by atoms with Gasteiger partial charge in [0, 0.05) is 17.3 Å². The van der Waals surface area contributed by atoms with Crippen LogP contribution in [0.15, 0.2) is 59.5 Å².